The first kappa shape index (κ1) is 19.7. The van der Waals surface area contributed by atoms with Crippen LogP contribution in [-0.2, 0) is 16.0 Å². The SMILES string of the molecule is O=C(O)CCCCCNC(=O)OC1Cc2ccccc2C=Cc2ccccc21. The van der Waals surface area contributed by atoms with Crippen molar-refractivity contribution in [2.75, 3.05) is 6.54 Å². The van der Waals surface area contributed by atoms with E-state index >= 15 is 0 Å². The van der Waals surface area contributed by atoms with Crippen LogP contribution in [0.25, 0.3) is 12.2 Å². The predicted octanol–water partition coefficient (Wildman–Crippen LogP) is 4.83. The molecule has 1 aliphatic carbocycles. The first-order valence-electron chi connectivity index (χ1n) is 9.64. The minimum absolute atomic E-state index is 0.163. The largest absolute Gasteiger partial charge is 0.481 e. The van der Waals surface area contributed by atoms with E-state index in [1.54, 1.807) is 0 Å². The van der Waals surface area contributed by atoms with Crippen molar-refractivity contribution >= 4 is 24.2 Å². The van der Waals surface area contributed by atoms with Crippen LogP contribution in [0.15, 0.2) is 48.5 Å². The summed E-state index contributed by atoms with van der Waals surface area (Å²) >= 11 is 0. The monoisotopic (exact) mass is 379 g/mol. The van der Waals surface area contributed by atoms with E-state index in [0.29, 0.717) is 19.4 Å². The van der Waals surface area contributed by atoms with Gasteiger partial charge in [0.2, 0.25) is 0 Å². The van der Waals surface area contributed by atoms with E-state index in [9.17, 15) is 9.59 Å². The summed E-state index contributed by atoms with van der Waals surface area (Å²) in [6.07, 6.45) is 6.23. The molecular weight excluding hydrogens is 354 g/mol. The maximum Gasteiger partial charge on any atom is 0.407 e. The van der Waals surface area contributed by atoms with E-state index in [0.717, 1.165) is 35.1 Å². The zero-order valence-electron chi connectivity index (χ0n) is 15.8. The molecule has 0 heterocycles. The molecule has 2 aromatic carbocycles. The lowest BCUT2D eigenvalue weighted by molar-refractivity contribution is -0.137. The Balaban J connectivity index is 1.63. The van der Waals surface area contributed by atoms with Gasteiger partial charge in [0.1, 0.15) is 6.10 Å². The van der Waals surface area contributed by atoms with Crippen molar-refractivity contribution in [1.82, 2.24) is 5.32 Å². The molecular formula is C23H25NO4. The van der Waals surface area contributed by atoms with Crippen molar-refractivity contribution in [3.63, 3.8) is 0 Å². The first-order valence-corrected chi connectivity index (χ1v) is 9.64. The third-order valence-corrected chi connectivity index (χ3v) is 4.83. The van der Waals surface area contributed by atoms with E-state index in [-0.39, 0.29) is 12.5 Å². The van der Waals surface area contributed by atoms with Crippen LogP contribution < -0.4 is 5.32 Å². The van der Waals surface area contributed by atoms with Crippen molar-refractivity contribution in [1.29, 1.82) is 0 Å². The molecule has 2 N–H and O–H groups in total. The number of fused-ring (bicyclic) bond motifs is 2. The van der Waals surface area contributed by atoms with Gasteiger partial charge < -0.3 is 15.2 Å². The molecule has 5 heteroatoms. The van der Waals surface area contributed by atoms with Crippen LogP contribution in [0, 0.1) is 0 Å². The van der Waals surface area contributed by atoms with E-state index in [4.69, 9.17) is 9.84 Å². The molecule has 1 aliphatic rings. The molecule has 0 aromatic heterocycles. The Bertz CT molecular complexity index is 859. The number of nitrogens with one attached hydrogen (secondary N) is 1. The van der Waals surface area contributed by atoms with Crippen LogP contribution in [-0.4, -0.2) is 23.7 Å². The van der Waals surface area contributed by atoms with Gasteiger partial charge >= 0.3 is 12.1 Å². The van der Waals surface area contributed by atoms with Gasteiger partial charge in [-0.2, -0.15) is 0 Å². The molecule has 0 aliphatic heterocycles. The molecule has 0 fully saturated rings. The molecule has 5 nitrogen and oxygen atoms in total. The smallest absolute Gasteiger partial charge is 0.407 e. The Kier molecular flexibility index (Phi) is 6.84. The Hall–Kier alpha value is -3.08. The molecule has 0 saturated carbocycles. The zero-order chi connectivity index (χ0) is 19.8. The van der Waals surface area contributed by atoms with Gasteiger partial charge in [-0.05, 0) is 29.5 Å². The Morgan fingerprint density at radius 3 is 2.50 bits per heavy atom. The van der Waals surface area contributed by atoms with Crippen molar-refractivity contribution in [2.45, 2.75) is 38.2 Å². The minimum Gasteiger partial charge on any atom is -0.481 e. The number of aliphatic carboxylic acids is 1. The number of alkyl carbamates (subject to hydrolysis) is 1. The quantitative estimate of drug-likeness (QED) is 0.676. The predicted molar refractivity (Wildman–Crippen MR) is 109 cm³/mol. The van der Waals surface area contributed by atoms with Gasteiger partial charge in [0.05, 0.1) is 0 Å². The third kappa shape index (κ3) is 5.46. The van der Waals surface area contributed by atoms with Crippen molar-refractivity contribution < 1.29 is 19.4 Å². The second kappa shape index (κ2) is 9.74. The average molecular weight is 379 g/mol. The highest BCUT2D eigenvalue weighted by molar-refractivity contribution is 5.74. The number of ether oxygens (including phenoxy) is 1. The van der Waals surface area contributed by atoms with Crippen LogP contribution in [0.1, 0.15) is 54.0 Å². The van der Waals surface area contributed by atoms with Crippen molar-refractivity contribution in [3.05, 3.63) is 70.8 Å². The van der Waals surface area contributed by atoms with E-state index in [2.05, 4.69) is 29.6 Å². The standard InChI is InChI=1S/C23H25NO4/c25-22(26)12-2-1-7-15-24-23(27)28-21-16-19-10-4-3-8-17(19)13-14-18-9-5-6-11-20(18)21/h3-6,8-11,13-14,21H,1-2,7,12,15-16H2,(H,24,27)(H,25,26). The number of benzene rings is 2. The van der Waals surface area contributed by atoms with E-state index in [1.165, 1.54) is 0 Å². The van der Waals surface area contributed by atoms with Crippen LogP contribution in [0.4, 0.5) is 4.79 Å². The molecule has 1 atom stereocenters. The molecule has 0 spiro atoms. The summed E-state index contributed by atoms with van der Waals surface area (Å²) in [4.78, 5) is 22.8. The summed E-state index contributed by atoms with van der Waals surface area (Å²) in [5.41, 5.74) is 4.30. The molecule has 2 aromatic rings. The number of carbonyl (C=O) groups is 2. The van der Waals surface area contributed by atoms with Gasteiger partial charge in [0.25, 0.3) is 0 Å². The highest BCUT2D eigenvalue weighted by Crippen LogP contribution is 2.31. The number of hydrogen-bond donors (Lipinski definition) is 2. The van der Waals surface area contributed by atoms with Crippen LogP contribution in [0.2, 0.25) is 0 Å². The van der Waals surface area contributed by atoms with Crippen molar-refractivity contribution in [2.24, 2.45) is 0 Å². The van der Waals surface area contributed by atoms with Gasteiger partial charge in [0.15, 0.2) is 0 Å². The molecule has 28 heavy (non-hydrogen) atoms. The lowest BCUT2D eigenvalue weighted by Gasteiger charge is -2.23. The lowest BCUT2D eigenvalue weighted by atomic mass is 9.91. The number of carboxylic acid groups (broad SMARTS) is 1. The normalized spacial score (nSPS) is 14.9. The highest BCUT2D eigenvalue weighted by atomic mass is 16.6. The third-order valence-electron chi connectivity index (χ3n) is 4.83. The number of hydrogen-bond acceptors (Lipinski definition) is 3. The summed E-state index contributed by atoms with van der Waals surface area (Å²) in [5, 5.41) is 11.4. The van der Waals surface area contributed by atoms with Crippen LogP contribution in [0.5, 0.6) is 0 Å². The topological polar surface area (TPSA) is 75.6 Å². The molecule has 0 saturated heterocycles. The van der Waals surface area contributed by atoms with E-state index in [1.807, 2.05) is 36.4 Å². The maximum absolute atomic E-state index is 12.3. The number of carboxylic acids is 1. The summed E-state index contributed by atoms with van der Waals surface area (Å²) in [6.45, 7) is 0.476. The minimum atomic E-state index is -0.787. The van der Waals surface area contributed by atoms with Crippen LogP contribution in [0.3, 0.4) is 0 Å². The zero-order valence-corrected chi connectivity index (χ0v) is 15.8. The molecule has 1 amide bonds. The van der Waals surface area contributed by atoms with Gasteiger partial charge in [-0.3, -0.25) is 4.79 Å². The second-order valence-corrected chi connectivity index (χ2v) is 6.89. The number of unbranched alkanes of at least 4 members (excludes halogenated alkanes) is 2. The second-order valence-electron chi connectivity index (χ2n) is 6.89. The van der Waals surface area contributed by atoms with E-state index < -0.39 is 12.1 Å². The molecule has 0 bridgehead atoms. The first-order chi connectivity index (χ1) is 13.6. The number of rotatable bonds is 7. The van der Waals surface area contributed by atoms with Gasteiger partial charge in [-0.25, -0.2) is 4.79 Å². The molecule has 3 rings (SSSR count). The fourth-order valence-electron chi connectivity index (χ4n) is 3.37. The molecule has 1 unspecified atom stereocenters. The summed E-state index contributed by atoms with van der Waals surface area (Å²) < 4.78 is 5.78. The summed E-state index contributed by atoms with van der Waals surface area (Å²) in [7, 11) is 0. The van der Waals surface area contributed by atoms with Crippen molar-refractivity contribution in [3.8, 4) is 0 Å². The molecule has 146 valence electrons. The number of amides is 1. The Labute approximate surface area is 165 Å². The summed E-state index contributed by atoms with van der Waals surface area (Å²) in [6, 6.07) is 16.1. The maximum atomic E-state index is 12.3. The van der Waals surface area contributed by atoms with Gasteiger partial charge in [-0.15, -0.1) is 0 Å². The number of carbonyl (C=O) groups excluding carboxylic acids is 1. The van der Waals surface area contributed by atoms with Gasteiger partial charge in [0, 0.05) is 24.9 Å². The fourth-order valence-corrected chi connectivity index (χ4v) is 3.37. The van der Waals surface area contributed by atoms with Gasteiger partial charge in [-0.1, -0.05) is 67.1 Å². The Morgan fingerprint density at radius 1 is 0.964 bits per heavy atom. The molecule has 0 radical (unpaired) electrons. The summed E-state index contributed by atoms with van der Waals surface area (Å²) in [5.74, 6) is -0.787. The average Bonchev–Trinajstić information content (AvgIpc) is 2.68. The highest BCUT2D eigenvalue weighted by Gasteiger charge is 2.21. The Morgan fingerprint density at radius 2 is 1.68 bits per heavy atom. The van der Waals surface area contributed by atoms with Crippen LogP contribution >= 0.6 is 0 Å². The lowest BCUT2D eigenvalue weighted by Crippen LogP contribution is -2.28. The fraction of sp³-hybridized carbons (Fsp3) is 0.304.